The van der Waals surface area contributed by atoms with Gasteiger partial charge >= 0.3 is 6.18 Å². The number of hydrogen-bond acceptors (Lipinski definition) is 3. The van der Waals surface area contributed by atoms with Gasteiger partial charge in [0, 0.05) is 17.5 Å². The second kappa shape index (κ2) is 12.2. The summed E-state index contributed by atoms with van der Waals surface area (Å²) >= 11 is 3.43. The van der Waals surface area contributed by atoms with Crippen molar-refractivity contribution < 1.29 is 33.1 Å². The van der Waals surface area contributed by atoms with Crippen LogP contribution < -0.4 is 15.2 Å². The molecule has 8 heteroatoms. The summed E-state index contributed by atoms with van der Waals surface area (Å²) < 4.78 is 37.2. The number of alkyl halides is 4. The standard InChI is InChI=1S/C13H20BrNO.C2HF3O2/c1-15-12-6-8-13(9-7-12)16-11-5-3-2-4-10-14;3-2(4,5)1(6)7/h6-9,15H,2-5,10-11H2,1H3;(H,6,7). The summed E-state index contributed by atoms with van der Waals surface area (Å²) in [5.41, 5.74) is 1.24. The average Bonchev–Trinajstić information content (AvgIpc) is 2.51. The summed E-state index contributed by atoms with van der Waals surface area (Å²) in [7, 11) is 2.04. The molecule has 0 aliphatic rings. The van der Waals surface area contributed by atoms with Crippen LogP contribution in [0.15, 0.2) is 24.3 Å². The number of unbranched alkanes of at least 4 members (excludes halogenated alkanes) is 3. The highest BCUT2D eigenvalue weighted by Crippen LogP contribution is 2.13. The number of carboxylic acid groups (broad SMARTS) is 1. The SMILES string of the molecule is C[NH2+]c1ccc(OCCCCCCBr)cc1.O=C([O-])C(F)(F)F. The van der Waals surface area contributed by atoms with E-state index in [9.17, 15) is 13.2 Å². The maximum absolute atomic E-state index is 10.5. The molecule has 0 aliphatic heterocycles. The normalized spacial score (nSPS) is 10.7. The van der Waals surface area contributed by atoms with E-state index in [1.54, 1.807) is 0 Å². The van der Waals surface area contributed by atoms with Gasteiger partial charge in [-0.05, 0) is 25.0 Å². The van der Waals surface area contributed by atoms with Gasteiger partial charge in [0.05, 0.1) is 13.7 Å². The van der Waals surface area contributed by atoms with E-state index in [-0.39, 0.29) is 0 Å². The maximum Gasteiger partial charge on any atom is 0.430 e. The molecule has 132 valence electrons. The van der Waals surface area contributed by atoms with Gasteiger partial charge in [-0.15, -0.1) is 0 Å². The molecule has 0 bridgehead atoms. The van der Waals surface area contributed by atoms with Gasteiger partial charge in [-0.25, -0.2) is 0 Å². The highest BCUT2D eigenvalue weighted by Gasteiger charge is 2.28. The molecule has 0 unspecified atom stereocenters. The molecule has 0 saturated carbocycles. The molecule has 4 nitrogen and oxygen atoms in total. The van der Waals surface area contributed by atoms with Crippen molar-refractivity contribution in [1.82, 2.24) is 0 Å². The second-order valence-electron chi connectivity index (χ2n) is 4.59. The Morgan fingerprint density at radius 1 is 1.17 bits per heavy atom. The Morgan fingerprint density at radius 3 is 2.13 bits per heavy atom. The summed E-state index contributed by atoms with van der Waals surface area (Å²) in [6.07, 6.45) is -0.236. The van der Waals surface area contributed by atoms with Gasteiger partial charge in [0.1, 0.15) is 17.4 Å². The van der Waals surface area contributed by atoms with Gasteiger partial charge in [0.15, 0.2) is 0 Å². The molecular formula is C15H21BrF3NO3. The van der Waals surface area contributed by atoms with E-state index in [1.165, 1.54) is 24.9 Å². The molecule has 0 atom stereocenters. The molecule has 0 saturated heterocycles. The minimum absolute atomic E-state index is 0.831. The smallest absolute Gasteiger partial charge is 0.430 e. The average molecular weight is 400 g/mol. The van der Waals surface area contributed by atoms with E-state index in [4.69, 9.17) is 14.6 Å². The number of carbonyl (C=O) groups is 1. The molecule has 1 aromatic carbocycles. The maximum atomic E-state index is 10.5. The molecular weight excluding hydrogens is 379 g/mol. The number of quaternary nitrogens is 1. The first-order chi connectivity index (χ1) is 10.8. The monoisotopic (exact) mass is 399 g/mol. The van der Waals surface area contributed by atoms with Crippen molar-refractivity contribution in [3.05, 3.63) is 24.3 Å². The number of nitrogens with two attached hydrogens (primary N) is 1. The Hall–Kier alpha value is -1.28. The van der Waals surface area contributed by atoms with Gasteiger partial charge in [-0.2, -0.15) is 13.2 Å². The molecule has 0 heterocycles. The number of benzene rings is 1. The largest absolute Gasteiger partial charge is 0.542 e. The minimum Gasteiger partial charge on any atom is -0.542 e. The van der Waals surface area contributed by atoms with Crippen LogP contribution >= 0.6 is 15.9 Å². The van der Waals surface area contributed by atoms with Crippen molar-refractivity contribution in [3.8, 4) is 5.75 Å². The highest BCUT2D eigenvalue weighted by atomic mass is 79.9. The van der Waals surface area contributed by atoms with Crippen molar-refractivity contribution in [2.75, 3.05) is 19.0 Å². The number of ether oxygens (including phenoxy) is 1. The van der Waals surface area contributed by atoms with Gasteiger partial charge in [0.25, 0.3) is 0 Å². The third kappa shape index (κ3) is 11.9. The van der Waals surface area contributed by atoms with Crippen molar-refractivity contribution in [2.24, 2.45) is 0 Å². The minimum atomic E-state index is -5.19. The van der Waals surface area contributed by atoms with Gasteiger partial charge in [0.2, 0.25) is 0 Å². The fraction of sp³-hybridized carbons (Fsp3) is 0.533. The van der Waals surface area contributed by atoms with Crippen molar-refractivity contribution in [3.63, 3.8) is 0 Å². The first kappa shape index (κ1) is 21.7. The molecule has 1 rings (SSSR count). The number of hydrogen-bond donors (Lipinski definition) is 1. The van der Waals surface area contributed by atoms with E-state index >= 15 is 0 Å². The third-order valence-corrected chi connectivity index (χ3v) is 3.30. The number of carboxylic acids is 1. The van der Waals surface area contributed by atoms with E-state index in [0.29, 0.717) is 0 Å². The molecule has 0 aromatic heterocycles. The molecule has 1 aromatic rings. The van der Waals surface area contributed by atoms with Crippen molar-refractivity contribution >= 4 is 27.6 Å². The zero-order valence-electron chi connectivity index (χ0n) is 12.9. The summed E-state index contributed by atoms with van der Waals surface area (Å²) in [6.45, 7) is 0.831. The predicted octanol–water partition coefficient (Wildman–Crippen LogP) is 2.14. The van der Waals surface area contributed by atoms with E-state index < -0.39 is 12.1 Å². The number of aliphatic carboxylic acids is 1. The lowest BCUT2D eigenvalue weighted by Crippen LogP contribution is -2.72. The van der Waals surface area contributed by atoms with Crippen LogP contribution in [0.2, 0.25) is 0 Å². The molecule has 0 radical (unpaired) electrons. The van der Waals surface area contributed by atoms with E-state index in [2.05, 4.69) is 33.4 Å². The molecule has 0 amide bonds. The van der Waals surface area contributed by atoms with Crippen molar-refractivity contribution in [2.45, 2.75) is 31.9 Å². The highest BCUT2D eigenvalue weighted by molar-refractivity contribution is 9.09. The zero-order valence-corrected chi connectivity index (χ0v) is 14.5. The molecule has 0 fully saturated rings. The number of halogens is 4. The quantitative estimate of drug-likeness (QED) is 0.413. The lowest BCUT2D eigenvalue weighted by molar-refractivity contribution is -0.539. The van der Waals surface area contributed by atoms with Crippen LogP contribution in [0.4, 0.5) is 18.9 Å². The van der Waals surface area contributed by atoms with Crippen LogP contribution in [-0.4, -0.2) is 31.1 Å². The summed E-state index contributed by atoms with van der Waals surface area (Å²) in [6, 6.07) is 8.24. The second-order valence-corrected chi connectivity index (χ2v) is 5.39. The topological polar surface area (TPSA) is 66.0 Å². The van der Waals surface area contributed by atoms with Gasteiger partial charge in [-0.3, -0.25) is 0 Å². The third-order valence-electron chi connectivity index (χ3n) is 2.74. The first-order valence-corrected chi connectivity index (χ1v) is 8.29. The predicted molar refractivity (Wildman–Crippen MR) is 82.8 cm³/mol. The first-order valence-electron chi connectivity index (χ1n) is 7.17. The van der Waals surface area contributed by atoms with Crippen LogP contribution in [0.3, 0.4) is 0 Å². The summed E-state index contributed by atoms with van der Waals surface area (Å²) in [5.74, 6) is -2.03. The zero-order chi connectivity index (χ0) is 17.7. The van der Waals surface area contributed by atoms with Crippen molar-refractivity contribution in [1.29, 1.82) is 0 Å². The van der Waals surface area contributed by atoms with Crippen LogP contribution in [0.5, 0.6) is 5.75 Å². The summed E-state index contributed by atoms with van der Waals surface area (Å²) in [4.78, 5) is 8.78. The number of rotatable bonds is 8. The summed E-state index contributed by atoms with van der Waals surface area (Å²) in [5, 5.41) is 12.0. The van der Waals surface area contributed by atoms with E-state index in [0.717, 1.165) is 24.1 Å². The van der Waals surface area contributed by atoms with Crippen LogP contribution in [-0.2, 0) is 4.79 Å². The van der Waals surface area contributed by atoms with Crippen LogP contribution in [0, 0.1) is 0 Å². The van der Waals surface area contributed by atoms with E-state index in [1.807, 2.05) is 19.2 Å². The molecule has 23 heavy (non-hydrogen) atoms. The van der Waals surface area contributed by atoms with Gasteiger partial charge < -0.3 is 20.0 Å². The fourth-order valence-corrected chi connectivity index (χ4v) is 1.89. The Balaban J connectivity index is 0.000000585. The molecule has 2 N–H and O–H groups in total. The Morgan fingerprint density at radius 2 is 1.70 bits per heavy atom. The molecule has 0 aliphatic carbocycles. The lowest BCUT2D eigenvalue weighted by Gasteiger charge is -2.05. The van der Waals surface area contributed by atoms with Crippen LogP contribution in [0.25, 0.3) is 0 Å². The Bertz CT molecular complexity index is 439. The lowest BCUT2D eigenvalue weighted by atomic mass is 10.2. The Labute approximate surface area is 142 Å². The Kier molecular flexibility index (Phi) is 11.5. The number of carbonyl (C=O) groups excluding carboxylic acids is 1. The van der Waals surface area contributed by atoms with Gasteiger partial charge in [-0.1, -0.05) is 28.8 Å². The molecule has 0 spiro atoms. The fourth-order valence-electron chi connectivity index (χ4n) is 1.50. The van der Waals surface area contributed by atoms with Crippen LogP contribution in [0.1, 0.15) is 25.7 Å².